The molecule has 0 spiro atoms. The summed E-state index contributed by atoms with van der Waals surface area (Å²) in [6, 6.07) is 21.3. The number of nitrogens with zero attached hydrogens (tertiary/aromatic N) is 1. The highest BCUT2D eigenvalue weighted by Gasteiger charge is 2.25. The second-order valence-electron chi connectivity index (χ2n) is 8.58. The van der Waals surface area contributed by atoms with Crippen molar-refractivity contribution in [2.75, 3.05) is 13.1 Å². The number of ether oxygens (including phenoxy) is 1. The first-order valence-electron chi connectivity index (χ1n) is 10.6. The summed E-state index contributed by atoms with van der Waals surface area (Å²) in [5.41, 5.74) is 2.20. The van der Waals surface area contributed by atoms with Gasteiger partial charge in [-0.15, -0.1) is 0 Å². The Kier molecular flexibility index (Phi) is 8.90. The summed E-state index contributed by atoms with van der Waals surface area (Å²) < 4.78 is 5.06. The van der Waals surface area contributed by atoms with Gasteiger partial charge >= 0.3 is 6.09 Å². The zero-order valence-electron chi connectivity index (χ0n) is 18.6. The standard InChI is InChI=1S/C13H12.C12H22N2O3/c1-3-7-12(8-4-1)11-13-9-5-2-6-10-13;1-9-6-5-7-14(9)10(15)8-13-11(16)17-12(2,3)4/h1-10H,11H2;9H,5-8H2,1-4H3,(H,13,16). The average molecular weight is 411 g/mol. The molecule has 0 aromatic heterocycles. The minimum atomic E-state index is -0.544. The van der Waals surface area contributed by atoms with Crippen molar-refractivity contribution >= 4 is 12.0 Å². The molecule has 1 atom stereocenters. The number of carbonyl (C=O) groups is 2. The molecule has 1 heterocycles. The van der Waals surface area contributed by atoms with E-state index in [1.807, 2.05) is 6.92 Å². The minimum absolute atomic E-state index is 0.0131. The summed E-state index contributed by atoms with van der Waals surface area (Å²) >= 11 is 0. The van der Waals surface area contributed by atoms with Crippen LogP contribution in [-0.4, -0.2) is 41.6 Å². The third-order valence-corrected chi connectivity index (χ3v) is 4.75. The van der Waals surface area contributed by atoms with Gasteiger partial charge in [-0.1, -0.05) is 60.7 Å². The summed E-state index contributed by atoms with van der Waals surface area (Å²) in [4.78, 5) is 24.9. The van der Waals surface area contributed by atoms with Crippen LogP contribution in [0.4, 0.5) is 4.79 Å². The lowest BCUT2D eigenvalue weighted by atomic mass is 10.1. The summed E-state index contributed by atoms with van der Waals surface area (Å²) in [7, 11) is 0. The van der Waals surface area contributed by atoms with Crippen LogP contribution in [0.3, 0.4) is 0 Å². The van der Waals surface area contributed by atoms with Crippen LogP contribution in [0, 0.1) is 0 Å². The molecule has 1 fully saturated rings. The van der Waals surface area contributed by atoms with Gasteiger partial charge in [0, 0.05) is 12.6 Å². The molecule has 2 aromatic rings. The zero-order valence-corrected chi connectivity index (χ0v) is 18.6. The third-order valence-electron chi connectivity index (χ3n) is 4.75. The number of amides is 2. The molecule has 1 unspecified atom stereocenters. The van der Waals surface area contributed by atoms with Crippen LogP contribution in [0.5, 0.6) is 0 Å². The van der Waals surface area contributed by atoms with E-state index in [2.05, 4.69) is 66.0 Å². The van der Waals surface area contributed by atoms with E-state index in [4.69, 9.17) is 4.74 Å². The Bertz CT molecular complexity index is 748. The normalized spacial score (nSPS) is 15.7. The Balaban J connectivity index is 0.000000220. The van der Waals surface area contributed by atoms with Crippen LogP contribution in [0.25, 0.3) is 0 Å². The molecule has 2 amide bonds. The number of alkyl carbamates (subject to hydrolysis) is 1. The van der Waals surface area contributed by atoms with Crippen molar-refractivity contribution in [2.24, 2.45) is 0 Å². The molecule has 1 aliphatic rings. The maximum absolute atomic E-state index is 11.8. The molecule has 0 radical (unpaired) electrons. The van der Waals surface area contributed by atoms with Gasteiger partial charge < -0.3 is 15.0 Å². The first-order valence-corrected chi connectivity index (χ1v) is 10.6. The number of nitrogens with one attached hydrogen (secondary N) is 1. The van der Waals surface area contributed by atoms with Crippen LogP contribution in [-0.2, 0) is 16.0 Å². The highest BCUT2D eigenvalue weighted by Crippen LogP contribution is 2.16. The summed E-state index contributed by atoms with van der Waals surface area (Å²) in [6.07, 6.45) is 2.57. The van der Waals surface area contributed by atoms with Gasteiger partial charge in [-0.05, 0) is 58.1 Å². The number of likely N-dealkylation sites (tertiary alicyclic amines) is 1. The lowest BCUT2D eigenvalue weighted by molar-refractivity contribution is -0.130. The van der Waals surface area contributed by atoms with Crippen LogP contribution in [0.1, 0.15) is 51.7 Å². The molecule has 0 bridgehead atoms. The van der Waals surface area contributed by atoms with Crippen molar-refractivity contribution in [2.45, 2.75) is 58.6 Å². The van der Waals surface area contributed by atoms with E-state index in [9.17, 15) is 9.59 Å². The lowest BCUT2D eigenvalue weighted by Gasteiger charge is -2.23. The molecule has 0 aliphatic carbocycles. The maximum atomic E-state index is 11.8. The van der Waals surface area contributed by atoms with Crippen LogP contribution in [0.2, 0.25) is 0 Å². The van der Waals surface area contributed by atoms with Crippen molar-refractivity contribution in [3.05, 3.63) is 71.8 Å². The predicted octanol–water partition coefficient (Wildman–Crippen LogP) is 4.80. The van der Waals surface area contributed by atoms with Crippen molar-refractivity contribution in [1.82, 2.24) is 10.2 Å². The Morgan fingerprint density at radius 3 is 1.97 bits per heavy atom. The summed E-state index contributed by atoms with van der Waals surface area (Å²) in [6.45, 7) is 8.19. The van der Waals surface area contributed by atoms with E-state index in [1.165, 1.54) is 11.1 Å². The number of benzene rings is 2. The van der Waals surface area contributed by atoms with Gasteiger partial charge in [0.25, 0.3) is 0 Å². The van der Waals surface area contributed by atoms with Crippen molar-refractivity contribution in [3.8, 4) is 0 Å². The van der Waals surface area contributed by atoms with E-state index in [0.29, 0.717) is 0 Å². The molecule has 30 heavy (non-hydrogen) atoms. The van der Waals surface area contributed by atoms with Crippen LogP contribution >= 0.6 is 0 Å². The first kappa shape index (κ1) is 23.5. The second kappa shape index (κ2) is 11.4. The number of hydrogen-bond donors (Lipinski definition) is 1. The molecule has 3 rings (SSSR count). The van der Waals surface area contributed by atoms with Gasteiger partial charge in [0.05, 0.1) is 0 Å². The number of hydrogen-bond acceptors (Lipinski definition) is 3. The fourth-order valence-electron chi connectivity index (χ4n) is 3.29. The topological polar surface area (TPSA) is 58.6 Å². The predicted molar refractivity (Wildman–Crippen MR) is 120 cm³/mol. The Labute approximate surface area is 180 Å². The highest BCUT2D eigenvalue weighted by molar-refractivity contribution is 5.82. The average Bonchev–Trinajstić information content (AvgIpc) is 3.13. The zero-order chi connectivity index (χ0) is 22.0. The fraction of sp³-hybridized carbons (Fsp3) is 0.440. The molecule has 1 aliphatic heterocycles. The van der Waals surface area contributed by atoms with Gasteiger partial charge in [0.1, 0.15) is 12.1 Å². The van der Waals surface area contributed by atoms with Crippen molar-refractivity contribution in [3.63, 3.8) is 0 Å². The van der Waals surface area contributed by atoms with E-state index >= 15 is 0 Å². The van der Waals surface area contributed by atoms with E-state index < -0.39 is 11.7 Å². The van der Waals surface area contributed by atoms with E-state index in [0.717, 1.165) is 25.8 Å². The highest BCUT2D eigenvalue weighted by atomic mass is 16.6. The molecule has 5 heteroatoms. The molecule has 1 N–H and O–H groups in total. The Hall–Kier alpha value is -2.82. The van der Waals surface area contributed by atoms with Gasteiger partial charge in [0.2, 0.25) is 5.91 Å². The SMILES string of the molecule is CC1CCCN1C(=O)CNC(=O)OC(C)(C)C.c1ccc(Cc2ccccc2)cc1. The second-order valence-corrected chi connectivity index (χ2v) is 8.58. The molecule has 0 saturated carbocycles. The molecule has 1 saturated heterocycles. The smallest absolute Gasteiger partial charge is 0.408 e. The Morgan fingerprint density at radius 2 is 1.53 bits per heavy atom. The summed E-state index contributed by atoms with van der Waals surface area (Å²) in [5, 5.41) is 2.48. The third kappa shape index (κ3) is 8.68. The number of rotatable bonds is 4. The molecule has 2 aromatic carbocycles. The molecule has 5 nitrogen and oxygen atoms in total. The van der Waals surface area contributed by atoms with Gasteiger partial charge in [-0.2, -0.15) is 0 Å². The first-order chi connectivity index (χ1) is 14.2. The molecular weight excluding hydrogens is 376 g/mol. The minimum Gasteiger partial charge on any atom is -0.444 e. The van der Waals surface area contributed by atoms with Crippen LogP contribution < -0.4 is 5.32 Å². The van der Waals surface area contributed by atoms with Gasteiger partial charge in [-0.3, -0.25) is 4.79 Å². The fourth-order valence-corrected chi connectivity index (χ4v) is 3.29. The van der Waals surface area contributed by atoms with Gasteiger partial charge in [-0.25, -0.2) is 4.79 Å². The monoisotopic (exact) mass is 410 g/mol. The quantitative estimate of drug-likeness (QED) is 0.788. The largest absolute Gasteiger partial charge is 0.444 e. The molecular formula is C25H34N2O3. The van der Waals surface area contributed by atoms with E-state index in [-0.39, 0.29) is 18.5 Å². The summed E-state index contributed by atoms with van der Waals surface area (Å²) in [5.74, 6) is -0.0409. The lowest BCUT2D eigenvalue weighted by Crippen LogP contribution is -2.43. The van der Waals surface area contributed by atoms with Gasteiger partial charge in [0.15, 0.2) is 0 Å². The van der Waals surface area contributed by atoms with E-state index in [1.54, 1.807) is 25.7 Å². The number of carbonyl (C=O) groups excluding carboxylic acids is 2. The van der Waals surface area contributed by atoms with Crippen molar-refractivity contribution in [1.29, 1.82) is 0 Å². The van der Waals surface area contributed by atoms with Crippen molar-refractivity contribution < 1.29 is 14.3 Å². The Morgan fingerprint density at radius 1 is 1.00 bits per heavy atom. The van der Waals surface area contributed by atoms with Crippen LogP contribution in [0.15, 0.2) is 60.7 Å². The maximum Gasteiger partial charge on any atom is 0.408 e. The molecule has 162 valence electrons.